The molecule has 1 fully saturated rings. The molecule has 2 aromatic rings. The summed E-state index contributed by atoms with van der Waals surface area (Å²) in [5.74, 6) is -0.0744. The van der Waals surface area contributed by atoms with Crippen LogP contribution in [0.3, 0.4) is 0 Å². The Kier molecular flexibility index (Phi) is 5.60. The van der Waals surface area contributed by atoms with E-state index < -0.39 is 10.0 Å². The van der Waals surface area contributed by atoms with Gasteiger partial charge in [-0.2, -0.15) is 0 Å². The molecule has 3 aliphatic rings. The first-order valence-corrected chi connectivity index (χ1v) is 12.9. The van der Waals surface area contributed by atoms with Crippen molar-refractivity contribution >= 4 is 44.2 Å². The van der Waals surface area contributed by atoms with Gasteiger partial charge in [-0.1, -0.05) is 12.1 Å². The summed E-state index contributed by atoms with van der Waals surface area (Å²) < 4.78 is 32.9. The topological polar surface area (TPSA) is 82.5 Å². The number of hydrogen-bond acceptors (Lipinski definition) is 7. The second-order valence-electron chi connectivity index (χ2n) is 8.02. The number of amidine groups is 1. The van der Waals surface area contributed by atoms with Crippen LogP contribution in [0.5, 0.6) is 0 Å². The molecule has 8 nitrogen and oxygen atoms in total. The van der Waals surface area contributed by atoms with Crippen molar-refractivity contribution < 1.29 is 17.9 Å². The molecule has 1 amide bonds. The van der Waals surface area contributed by atoms with Gasteiger partial charge in [0.1, 0.15) is 0 Å². The number of carbonyl (C=O) groups excluding carboxylic acids is 1. The number of fused-ring (bicyclic) bond motifs is 3. The summed E-state index contributed by atoms with van der Waals surface area (Å²) in [7, 11) is -1.61. The number of nitrogens with zero attached hydrogens (tertiary/aromatic N) is 4. The number of hydrogen-bond donors (Lipinski definition) is 0. The normalized spacial score (nSPS) is 19.2. The van der Waals surface area contributed by atoms with E-state index in [1.165, 1.54) is 17.4 Å². The summed E-state index contributed by atoms with van der Waals surface area (Å²) in [6.07, 6.45) is 0. The van der Waals surface area contributed by atoms with Gasteiger partial charge < -0.3 is 19.4 Å². The van der Waals surface area contributed by atoms with Crippen molar-refractivity contribution in [1.82, 2.24) is 4.90 Å². The summed E-state index contributed by atoms with van der Waals surface area (Å²) in [5, 5.41) is 0.463. The van der Waals surface area contributed by atoms with Crippen LogP contribution in [-0.2, 0) is 21.3 Å². The highest BCUT2D eigenvalue weighted by molar-refractivity contribution is 8.15. The predicted molar refractivity (Wildman–Crippen MR) is 126 cm³/mol. The Bertz CT molecular complexity index is 1170. The van der Waals surface area contributed by atoms with Crippen LogP contribution in [0, 0.1) is 0 Å². The molecular weight excluding hydrogens is 448 g/mol. The third kappa shape index (κ3) is 4.22. The molecule has 5 rings (SSSR count). The first-order chi connectivity index (χ1) is 15.4. The number of rotatable bonds is 4. The fraction of sp³-hybridized carbons (Fsp3) is 0.364. The Hall–Kier alpha value is -2.56. The van der Waals surface area contributed by atoms with Crippen LogP contribution in [0.4, 0.5) is 11.4 Å². The summed E-state index contributed by atoms with van der Waals surface area (Å²) in [4.78, 5) is 19.8. The molecule has 168 valence electrons. The maximum atomic E-state index is 13.0. The molecule has 0 N–H and O–H groups in total. The Morgan fingerprint density at radius 2 is 1.88 bits per heavy atom. The molecule has 3 aliphatic heterocycles. The average Bonchev–Trinajstić information content (AvgIpc) is 3.15. The van der Waals surface area contributed by atoms with Crippen LogP contribution < -0.4 is 9.80 Å². The zero-order valence-electron chi connectivity index (χ0n) is 17.7. The quantitative estimate of drug-likeness (QED) is 0.676. The number of thioether (sulfide) groups is 1. The molecule has 0 radical (unpaired) electrons. The smallest absolute Gasteiger partial charge is 0.257 e. The minimum atomic E-state index is -3.40. The number of morpholine rings is 1. The zero-order valence-corrected chi connectivity index (χ0v) is 19.4. The second kappa shape index (κ2) is 8.42. The lowest BCUT2D eigenvalue weighted by molar-refractivity contribution is 0.0785. The van der Waals surface area contributed by atoms with E-state index in [9.17, 15) is 13.2 Å². The maximum absolute atomic E-state index is 13.0. The predicted octanol–water partition coefficient (Wildman–Crippen LogP) is 2.41. The average molecular weight is 473 g/mol. The largest absolute Gasteiger partial charge is 0.378 e. The Morgan fingerprint density at radius 3 is 2.62 bits per heavy atom. The number of sulfonamides is 1. The second-order valence-corrected chi connectivity index (χ2v) is 10.8. The van der Waals surface area contributed by atoms with Crippen LogP contribution in [0.2, 0.25) is 0 Å². The third-order valence-corrected chi connectivity index (χ3v) is 8.11. The van der Waals surface area contributed by atoms with E-state index in [1.54, 1.807) is 18.0 Å². The van der Waals surface area contributed by atoms with Gasteiger partial charge in [0.25, 0.3) is 15.9 Å². The molecule has 0 saturated carbocycles. The van der Waals surface area contributed by atoms with Gasteiger partial charge >= 0.3 is 0 Å². The van der Waals surface area contributed by atoms with E-state index >= 15 is 0 Å². The molecule has 2 aromatic carbocycles. The number of anilines is 2. The molecular formula is C22H24N4O4S2. The van der Waals surface area contributed by atoms with Crippen molar-refractivity contribution in [2.75, 3.05) is 55.4 Å². The van der Waals surface area contributed by atoms with Gasteiger partial charge in [0.2, 0.25) is 0 Å². The number of carbonyl (C=O) groups is 1. The van der Waals surface area contributed by atoms with E-state index in [1.807, 2.05) is 17.0 Å². The van der Waals surface area contributed by atoms with Crippen molar-refractivity contribution in [2.45, 2.75) is 11.4 Å². The standard InChI is InChI=1S/C22H24N4O4S2/c1-24(15-16-2-5-18(6-3-16)25-8-11-30-12-9-25)21(27)17-4-7-19-20(14-17)31-22-23-32(28,29)13-10-26(19)22/h2-7,14H,8-13,15H2,1H3. The van der Waals surface area contributed by atoms with Gasteiger partial charge in [-0.25, -0.2) is 8.42 Å². The van der Waals surface area contributed by atoms with Crippen molar-refractivity contribution in [3.63, 3.8) is 0 Å². The lowest BCUT2D eigenvalue weighted by Crippen LogP contribution is -2.36. The van der Waals surface area contributed by atoms with Crippen molar-refractivity contribution in [2.24, 2.45) is 4.40 Å². The summed E-state index contributed by atoms with van der Waals surface area (Å²) in [6, 6.07) is 13.8. The van der Waals surface area contributed by atoms with Crippen LogP contribution in [0.1, 0.15) is 15.9 Å². The fourth-order valence-electron chi connectivity index (χ4n) is 4.06. The lowest BCUT2D eigenvalue weighted by atomic mass is 10.1. The lowest BCUT2D eigenvalue weighted by Gasteiger charge is -2.29. The van der Waals surface area contributed by atoms with E-state index in [0.717, 1.165) is 42.4 Å². The van der Waals surface area contributed by atoms with Crippen LogP contribution in [-0.4, -0.2) is 70.0 Å². The van der Waals surface area contributed by atoms with Gasteiger partial charge in [-0.3, -0.25) is 4.79 Å². The molecule has 0 atom stereocenters. The number of benzene rings is 2. The molecule has 0 unspecified atom stereocenters. The highest BCUT2D eigenvalue weighted by atomic mass is 32.2. The first-order valence-electron chi connectivity index (χ1n) is 10.5. The van der Waals surface area contributed by atoms with Gasteiger partial charge in [0.05, 0.1) is 24.7 Å². The zero-order chi connectivity index (χ0) is 22.3. The molecule has 0 bridgehead atoms. The van der Waals surface area contributed by atoms with E-state index in [2.05, 4.69) is 33.6 Å². The highest BCUT2D eigenvalue weighted by Crippen LogP contribution is 2.42. The monoisotopic (exact) mass is 472 g/mol. The van der Waals surface area contributed by atoms with Gasteiger partial charge in [-0.15, -0.1) is 4.40 Å². The third-order valence-electron chi connectivity index (χ3n) is 5.80. The Morgan fingerprint density at radius 1 is 1.12 bits per heavy atom. The van der Waals surface area contributed by atoms with Crippen molar-refractivity contribution in [3.8, 4) is 0 Å². The molecule has 1 saturated heterocycles. The van der Waals surface area contributed by atoms with E-state index in [4.69, 9.17) is 4.74 Å². The van der Waals surface area contributed by atoms with Gasteiger partial charge in [0.15, 0.2) is 5.17 Å². The molecule has 10 heteroatoms. The SMILES string of the molecule is CN(Cc1ccc(N2CCOCC2)cc1)C(=O)c1ccc2c(c1)SC1=NS(=O)(=O)CCN12. The van der Waals surface area contributed by atoms with Crippen LogP contribution >= 0.6 is 11.8 Å². The Labute approximate surface area is 191 Å². The summed E-state index contributed by atoms with van der Waals surface area (Å²) in [5.41, 5.74) is 3.71. The minimum Gasteiger partial charge on any atom is -0.378 e. The number of ether oxygens (including phenoxy) is 1. The van der Waals surface area contributed by atoms with E-state index in [-0.39, 0.29) is 11.7 Å². The highest BCUT2D eigenvalue weighted by Gasteiger charge is 2.33. The summed E-state index contributed by atoms with van der Waals surface area (Å²) in [6.45, 7) is 4.17. The van der Waals surface area contributed by atoms with Gasteiger partial charge in [-0.05, 0) is 47.7 Å². The van der Waals surface area contributed by atoms with Gasteiger partial charge in [0, 0.05) is 49.4 Å². The number of amides is 1. The van der Waals surface area contributed by atoms with Crippen molar-refractivity contribution in [3.05, 3.63) is 53.6 Å². The molecule has 3 heterocycles. The van der Waals surface area contributed by atoms with Crippen molar-refractivity contribution in [1.29, 1.82) is 0 Å². The maximum Gasteiger partial charge on any atom is 0.257 e. The first kappa shape index (κ1) is 21.3. The summed E-state index contributed by atoms with van der Waals surface area (Å²) >= 11 is 1.30. The minimum absolute atomic E-state index is 0.00421. The van der Waals surface area contributed by atoms with Crippen LogP contribution in [0.25, 0.3) is 0 Å². The molecule has 0 spiro atoms. The van der Waals surface area contributed by atoms with Crippen LogP contribution in [0.15, 0.2) is 51.8 Å². The van der Waals surface area contributed by atoms with E-state index in [0.29, 0.717) is 23.8 Å². The Balaban J connectivity index is 1.27. The molecule has 32 heavy (non-hydrogen) atoms. The molecule has 0 aliphatic carbocycles. The fourth-order valence-corrected chi connectivity index (χ4v) is 6.36. The molecule has 0 aromatic heterocycles.